The molecule has 142 valence electrons. The number of aromatic nitrogens is 3. The zero-order chi connectivity index (χ0) is 20.0. The summed E-state index contributed by atoms with van der Waals surface area (Å²) in [5, 5.41) is 3.56. The Morgan fingerprint density at radius 3 is 2.33 bits per heavy atom. The first kappa shape index (κ1) is 19.0. The van der Waals surface area contributed by atoms with E-state index in [0.717, 1.165) is 29.1 Å². The third-order valence-electron chi connectivity index (χ3n) is 3.72. The fourth-order valence-corrected chi connectivity index (χ4v) is 3.24. The van der Waals surface area contributed by atoms with Gasteiger partial charge in [0.2, 0.25) is 0 Å². The molecule has 0 saturated carbocycles. The van der Waals surface area contributed by atoms with Crippen molar-refractivity contribution >= 4 is 9.84 Å². The van der Waals surface area contributed by atoms with Gasteiger partial charge in [0.05, 0.1) is 5.69 Å². The standard InChI is InChI=1S/C17H13F4N3O2S/c1-10-4-3-5-16(22-10)24-13(9-15(23-24)17(19,20)21)11-6-7-14(12(18)8-11)27(2,25)26/h3-9H,1-2H3. The summed E-state index contributed by atoms with van der Waals surface area (Å²) in [7, 11) is -3.81. The second-order valence-corrected chi connectivity index (χ2v) is 7.86. The van der Waals surface area contributed by atoms with Crippen molar-refractivity contribution in [2.24, 2.45) is 0 Å². The van der Waals surface area contributed by atoms with Gasteiger partial charge in [-0.3, -0.25) is 0 Å². The monoisotopic (exact) mass is 399 g/mol. The highest BCUT2D eigenvalue weighted by Crippen LogP contribution is 2.33. The normalized spacial score (nSPS) is 12.4. The van der Waals surface area contributed by atoms with Gasteiger partial charge in [0.15, 0.2) is 21.3 Å². The number of benzene rings is 1. The van der Waals surface area contributed by atoms with Gasteiger partial charge in [-0.05, 0) is 37.3 Å². The molecule has 5 nitrogen and oxygen atoms in total. The molecule has 0 aliphatic rings. The van der Waals surface area contributed by atoms with Crippen molar-refractivity contribution in [2.75, 3.05) is 6.26 Å². The van der Waals surface area contributed by atoms with Gasteiger partial charge in [-0.1, -0.05) is 12.1 Å². The molecule has 3 aromatic rings. The Labute approximate surface area is 152 Å². The highest BCUT2D eigenvalue weighted by atomic mass is 32.2. The zero-order valence-electron chi connectivity index (χ0n) is 14.1. The van der Waals surface area contributed by atoms with Crippen molar-refractivity contribution in [2.45, 2.75) is 18.0 Å². The van der Waals surface area contributed by atoms with Gasteiger partial charge >= 0.3 is 6.18 Å². The zero-order valence-corrected chi connectivity index (χ0v) is 14.9. The molecule has 10 heteroatoms. The number of alkyl halides is 3. The van der Waals surface area contributed by atoms with Gasteiger partial charge in [-0.15, -0.1) is 0 Å². The van der Waals surface area contributed by atoms with Gasteiger partial charge in [0.1, 0.15) is 10.7 Å². The summed E-state index contributed by atoms with van der Waals surface area (Å²) < 4.78 is 77.7. The van der Waals surface area contributed by atoms with Crippen LogP contribution in [-0.4, -0.2) is 29.4 Å². The third kappa shape index (κ3) is 3.85. The van der Waals surface area contributed by atoms with E-state index in [4.69, 9.17) is 0 Å². The number of sulfone groups is 1. The summed E-state index contributed by atoms with van der Waals surface area (Å²) in [6.45, 7) is 1.66. The molecule has 0 atom stereocenters. The predicted molar refractivity (Wildman–Crippen MR) is 89.6 cm³/mol. The molecule has 0 bridgehead atoms. The van der Waals surface area contributed by atoms with Crippen LogP contribution < -0.4 is 0 Å². The van der Waals surface area contributed by atoms with Crippen molar-refractivity contribution in [3.63, 3.8) is 0 Å². The van der Waals surface area contributed by atoms with Gasteiger partial charge in [-0.25, -0.2) is 22.5 Å². The molecular formula is C17H13F4N3O2S. The van der Waals surface area contributed by atoms with Crippen LogP contribution in [0.3, 0.4) is 0 Å². The van der Waals surface area contributed by atoms with Crippen LogP contribution in [0.15, 0.2) is 47.4 Å². The molecule has 0 spiro atoms. The highest BCUT2D eigenvalue weighted by Gasteiger charge is 2.35. The molecule has 0 radical (unpaired) electrons. The smallest absolute Gasteiger partial charge is 0.234 e. The number of halogens is 4. The Kier molecular flexibility index (Phi) is 4.54. The van der Waals surface area contributed by atoms with Gasteiger partial charge in [0.25, 0.3) is 0 Å². The fraction of sp³-hybridized carbons (Fsp3) is 0.176. The molecule has 0 fully saturated rings. The average Bonchev–Trinajstić information content (AvgIpc) is 2.99. The molecule has 0 aliphatic heterocycles. The van der Waals surface area contributed by atoms with Crippen LogP contribution in [0.25, 0.3) is 17.1 Å². The quantitative estimate of drug-likeness (QED) is 0.629. The summed E-state index contributed by atoms with van der Waals surface area (Å²) in [4.78, 5) is 3.61. The second-order valence-electron chi connectivity index (χ2n) is 5.88. The second kappa shape index (κ2) is 6.45. The van der Waals surface area contributed by atoms with Crippen LogP contribution in [-0.2, 0) is 16.0 Å². The van der Waals surface area contributed by atoms with E-state index < -0.39 is 32.4 Å². The van der Waals surface area contributed by atoms with Crippen LogP contribution in [0.1, 0.15) is 11.4 Å². The SMILES string of the molecule is Cc1cccc(-n2nc(C(F)(F)F)cc2-c2ccc(S(C)(=O)=O)c(F)c2)n1. The van der Waals surface area contributed by atoms with Gasteiger partial charge < -0.3 is 0 Å². The first-order valence-corrected chi connectivity index (χ1v) is 9.47. The molecule has 2 heterocycles. The molecule has 0 aliphatic carbocycles. The maximum Gasteiger partial charge on any atom is 0.435 e. The third-order valence-corrected chi connectivity index (χ3v) is 4.85. The lowest BCUT2D eigenvalue weighted by atomic mass is 10.1. The minimum atomic E-state index is -4.71. The fourth-order valence-electron chi connectivity index (χ4n) is 2.51. The number of nitrogens with zero attached hydrogens (tertiary/aromatic N) is 3. The molecule has 3 rings (SSSR count). The summed E-state index contributed by atoms with van der Waals surface area (Å²) in [6, 6.07) is 8.59. The van der Waals surface area contributed by atoms with E-state index in [1.54, 1.807) is 19.1 Å². The summed E-state index contributed by atoms with van der Waals surface area (Å²) in [6.07, 6.45) is -3.87. The molecular weight excluding hydrogens is 386 g/mol. The van der Waals surface area contributed by atoms with Crippen molar-refractivity contribution in [1.29, 1.82) is 0 Å². The summed E-state index contributed by atoms with van der Waals surface area (Å²) in [5.41, 5.74) is -0.653. The lowest BCUT2D eigenvalue weighted by Gasteiger charge is -2.09. The average molecular weight is 399 g/mol. The number of pyridine rings is 1. The van der Waals surface area contributed by atoms with E-state index in [2.05, 4.69) is 10.1 Å². The Bertz CT molecular complexity index is 1120. The van der Waals surface area contributed by atoms with Gasteiger partial charge in [0, 0.05) is 17.5 Å². The summed E-state index contributed by atoms with van der Waals surface area (Å²) in [5.74, 6) is -0.943. The predicted octanol–water partition coefficient (Wildman–Crippen LogP) is 3.80. The maximum atomic E-state index is 14.2. The molecule has 0 unspecified atom stereocenters. The Morgan fingerprint density at radius 1 is 1.07 bits per heavy atom. The van der Waals surface area contributed by atoms with Gasteiger partial charge in [-0.2, -0.15) is 18.3 Å². The first-order valence-electron chi connectivity index (χ1n) is 7.58. The van der Waals surface area contributed by atoms with Crippen molar-refractivity contribution in [3.8, 4) is 17.1 Å². The van der Waals surface area contributed by atoms with Crippen LogP contribution in [0.4, 0.5) is 17.6 Å². The Morgan fingerprint density at radius 2 is 1.78 bits per heavy atom. The lowest BCUT2D eigenvalue weighted by Crippen LogP contribution is -2.08. The van der Waals surface area contributed by atoms with E-state index >= 15 is 0 Å². The number of hydrogen-bond donors (Lipinski definition) is 0. The largest absolute Gasteiger partial charge is 0.435 e. The van der Waals surface area contributed by atoms with Crippen molar-refractivity contribution in [3.05, 3.63) is 59.7 Å². The maximum absolute atomic E-state index is 14.2. The topological polar surface area (TPSA) is 64.8 Å². The van der Waals surface area contributed by atoms with Crippen LogP contribution in [0, 0.1) is 12.7 Å². The molecule has 1 aromatic carbocycles. The van der Waals surface area contributed by atoms with Crippen LogP contribution >= 0.6 is 0 Å². The number of aryl methyl sites for hydroxylation is 1. The molecule has 0 saturated heterocycles. The molecule has 2 aromatic heterocycles. The van der Waals surface area contributed by atoms with E-state index in [9.17, 15) is 26.0 Å². The van der Waals surface area contributed by atoms with E-state index in [-0.39, 0.29) is 17.1 Å². The Balaban J connectivity index is 2.23. The summed E-state index contributed by atoms with van der Waals surface area (Å²) >= 11 is 0. The lowest BCUT2D eigenvalue weighted by molar-refractivity contribution is -0.141. The van der Waals surface area contributed by atoms with Crippen LogP contribution in [0.2, 0.25) is 0 Å². The molecule has 0 N–H and O–H groups in total. The minimum absolute atomic E-state index is 0.0335. The minimum Gasteiger partial charge on any atom is -0.234 e. The van der Waals surface area contributed by atoms with Crippen LogP contribution in [0.5, 0.6) is 0 Å². The van der Waals surface area contributed by atoms with E-state index in [0.29, 0.717) is 5.69 Å². The number of rotatable bonds is 3. The molecule has 27 heavy (non-hydrogen) atoms. The van der Waals surface area contributed by atoms with E-state index in [1.165, 1.54) is 12.1 Å². The molecule has 0 amide bonds. The first-order chi connectivity index (χ1) is 12.5. The highest BCUT2D eigenvalue weighted by molar-refractivity contribution is 7.90. The van der Waals surface area contributed by atoms with E-state index in [1.807, 2.05) is 0 Å². The number of hydrogen-bond acceptors (Lipinski definition) is 4. The Hall–Kier alpha value is -2.75. The van der Waals surface area contributed by atoms with Crippen molar-refractivity contribution < 1.29 is 26.0 Å². The van der Waals surface area contributed by atoms with Crippen molar-refractivity contribution in [1.82, 2.24) is 14.8 Å².